The molecule has 6 heteroatoms. The highest BCUT2D eigenvalue weighted by Gasteiger charge is 2.22. The van der Waals surface area contributed by atoms with Gasteiger partial charge in [-0.2, -0.15) is 0 Å². The highest BCUT2D eigenvalue weighted by Crippen LogP contribution is 2.17. The van der Waals surface area contributed by atoms with Crippen LogP contribution in [0.1, 0.15) is 25.1 Å². The van der Waals surface area contributed by atoms with Crippen molar-refractivity contribution in [2.24, 2.45) is 5.92 Å². The summed E-state index contributed by atoms with van der Waals surface area (Å²) in [4.78, 5) is 6.69. The Bertz CT molecular complexity index is 571. The summed E-state index contributed by atoms with van der Waals surface area (Å²) in [6.07, 6.45) is 0. The van der Waals surface area contributed by atoms with Gasteiger partial charge in [0, 0.05) is 25.3 Å². The van der Waals surface area contributed by atoms with E-state index < -0.39 is 9.84 Å². The minimum Gasteiger partial charge on any atom is -0.355 e. The van der Waals surface area contributed by atoms with Crippen molar-refractivity contribution in [2.75, 3.05) is 36.0 Å². The monoisotopic (exact) mass is 311 g/mol. The number of aryl methyl sites for hydroxylation is 1. The van der Waals surface area contributed by atoms with E-state index in [1.54, 1.807) is 0 Å². The first-order valence-corrected chi connectivity index (χ1v) is 9.32. The fourth-order valence-electron chi connectivity index (χ4n) is 2.38. The van der Waals surface area contributed by atoms with Gasteiger partial charge in [-0.05, 0) is 31.0 Å². The van der Waals surface area contributed by atoms with Crippen molar-refractivity contribution < 1.29 is 8.42 Å². The average molecular weight is 311 g/mol. The summed E-state index contributed by atoms with van der Waals surface area (Å²) in [6.45, 7) is 9.28. The van der Waals surface area contributed by atoms with Crippen LogP contribution < -0.4 is 10.2 Å². The van der Waals surface area contributed by atoms with Crippen molar-refractivity contribution >= 4 is 15.7 Å². The van der Waals surface area contributed by atoms with Crippen molar-refractivity contribution in [3.8, 4) is 0 Å². The van der Waals surface area contributed by atoms with Crippen molar-refractivity contribution in [2.45, 2.75) is 27.3 Å². The molecule has 0 aromatic carbocycles. The topological polar surface area (TPSA) is 62.3 Å². The van der Waals surface area contributed by atoms with Crippen molar-refractivity contribution in [1.82, 2.24) is 10.3 Å². The molecule has 1 saturated heterocycles. The van der Waals surface area contributed by atoms with Crippen molar-refractivity contribution in [3.63, 3.8) is 0 Å². The van der Waals surface area contributed by atoms with Gasteiger partial charge in [0.2, 0.25) is 0 Å². The molecule has 0 aliphatic carbocycles. The third-order valence-electron chi connectivity index (χ3n) is 3.72. The van der Waals surface area contributed by atoms with Crippen LogP contribution in [0.5, 0.6) is 0 Å². The van der Waals surface area contributed by atoms with Gasteiger partial charge in [0.1, 0.15) is 5.82 Å². The van der Waals surface area contributed by atoms with E-state index in [9.17, 15) is 8.42 Å². The van der Waals surface area contributed by atoms with Crippen LogP contribution in [0.15, 0.2) is 12.1 Å². The smallest absolute Gasteiger partial charge is 0.153 e. The maximum Gasteiger partial charge on any atom is 0.153 e. The zero-order valence-electron chi connectivity index (χ0n) is 13.1. The number of sulfone groups is 1. The molecule has 0 bridgehead atoms. The first-order valence-electron chi connectivity index (χ1n) is 7.50. The fourth-order valence-corrected chi connectivity index (χ4v) is 3.58. The fraction of sp³-hybridized carbons (Fsp3) is 0.667. The van der Waals surface area contributed by atoms with Crippen LogP contribution in [0.2, 0.25) is 0 Å². The summed E-state index contributed by atoms with van der Waals surface area (Å²) in [5.74, 6) is 1.97. The first kappa shape index (κ1) is 16.2. The molecule has 118 valence electrons. The van der Waals surface area contributed by atoms with Gasteiger partial charge < -0.3 is 10.2 Å². The van der Waals surface area contributed by atoms with Crippen LogP contribution in [0, 0.1) is 12.8 Å². The summed E-state index contributed by atoms with van der Waals surface area (Å²) < 4.78 is 22.9. The molecule has 0 spiro atoms. The summed E-state index contributed by atoms with van der Waals surface area (Å²) in [6, 6.07) is 4.09. The van der Waals surface area contributed by atoms with Crippen LogP contribution in [-0.4, -0.2) is 44.5 Å². The number of nitrogens with zero attached hydrogens (tertiary/aromatic N) is 2. The quantitative estimate of drug-likeness (QED) is 0.890. The van der Waals surface area contributed by atoms with E-state index in [2.05, 4.69) is 35.1 Å². The molecule has 5 nitrogen and oxygen atoms in total. The van der Waals surface area contributed by atoms with Gasteiger partial charge in [0.25, 0.3) is 0 Å². The number of hydrogen-bond acceptors (Lipinski definition) is 5. The SMILES string of the molecule is Cc1nc(N2CCS(=O)(=O)CC2)ccc1CNCC(C)C. The van der Waals surface area contributed by atoms with Gasteiger partial charge in [-0.1, -0.05) is 19.9 Å². The molecular weight excluding hydrogens is 286 g/mol. The Hall–Kier alpha value is -1.14. The molecule has 1 aliphatic rings. The molecule has 1 aromatic heterocycles. The largest absolute Gasteiger partial charge is 0.355 e. The van der Waals surface area contributed by atoms with Crippen molar-refractivity contribution in [3.05, 3.63) is 23.4 Å². The van der Waals surface area contributed by atoms with Gasteiger partial charge in [-0.3, -0.25) is 0 Å². The number of anilines is 1. The Labute approximate surface area is 127 Å². The second-order valence-corrected chi connectivity index (χ2v) is 8.38. The van der Waals surface area contributed by atoms with Gasteiger partial charge in [-0.15, -0.1) is 0 Å². The van der Waals surface area contributed by atoms with E-state index in [0.717, 1.165) is 24.6 Å². The predicted molar refractivity (Wildman–Crippen MR) is 86.4 cm³/mol. The summed E-state index contributed by atoms with van der Waals surface area (Å²) in [5.41, 5.74) is 2.21. The van der Waals surface area contributed by atoms with Crippen LogP contribution in [0.4, 0.5) is 5.82 Å². The minimum atomic E-state index is -2.84. The highest BCUT2D eigenvalue weighted by molar-refractivity contribution is 7.91. The molecule has 0 amide bonds. The summed E-state index contributed by atoms with van der Waals surface area (Å²) in [5, 5.41) is 3.42. The predicted octanol–water partition coefficient (Wildman–Crippen LogP) is 1.37. The molecule has 1 aromatic rings. The van der Waals surface area contributed by atoms with E-state index in [-0.39, 0.29) is 11.5 Å². The van der Waals surface area contributed by atoms with E-state index in [4.69, 9.17) is 0 Å². The Morgan fingerprint density at radius 1 is 1.29 bits per heavy atom. The molecule has 1 N–H and O–H groups in total. The normalized spacial score (nSPS) is 18.2. The molecule has 0 atom stereocenters. The number of rotatable bonds is 5. The number of hydrogen-bond donors (Lipinski definition) is 1. The van der Waals surface area contributed by atoms with E-state index >= 15 is 0 Å². The molecule has 2 rings (SSSR count). The van der Waals surface area contributed by atoms with Crippen LogP contribution in [-0.2, 0) is 16.4 Å². The molecule has 1 aliphatic heterocycles. The van der Waals surface area contributed by atoms with Gasteiger partial charge >= 0.3 is 0 Å². The van der Waals surface area contributed by atoms with E-state index in [1.165, 1.54) is 5.56 Å². The third kappa shape index (κ3) is 4.68. The lowest BCUT2D eigenvalue weighted by Crippen LogP contribution is -2.40. The van der Waals surface area contributed by atoms with Gasteiger partial charge in [-0.25, -0.2) is 13.4 Å². The van der Waals surface area contributed by atoms with Gasteiger partial charge in [0.15, 0.2) is 9.84 Å². The lowest BCUT2D eigenvalue weighted by molar-refractivity contribution is 0.551. The minimum absolute atomic E-state index is 0.228. The molecule has 1 fully saturated rings. The molecule has 0 saturated carbocycles. The van der Waals surface area contributed by atoms with Crippen LogP contribution in [0.3, 0.4) is 0 Å². The number of nitrogens with one attached hydrogen (secondary N) is 1. The van der Waals surface area contributed by atoms with Crippen LogP contribution in [0.25, 0.3) is 0 Å². The maximum absolute atomic E-state index is 11.5. The molecule has 2 heterocycles. The Morgan fingerprint density at radius 3 is 2.52 bits per heavy atom. The van der Waals surface area contributed by atoms with E-state index in [1.807, 2.05) is 13.0 Å². The molecule has 0 unspecified atom stereocenters. The third-order valence-corrected chi connectivity index (χ3v) is 5.33. The Balaban J connectivity index is 1.99. The van der Waals surface area contributed by atoms with E-state index in [0.29, 0.717) is 19.0 Å². The summed E-state index contributed by atoms with van der Waals surface area (Å²) >= 11 is 0. The number of aromatic nitrogens is 1. The number of pyridine rings is 1. The second-order valence-electron chi connectivity index (χ2n) is 6.08. The molecular formula is C15H25N3O2S. The second kappa shape index (κ2) is 6.75. The zero-order chi connectivity index (χ0) is 15.5. The van der Waals surface area contributed by atoms with Crippen molar-refractivity contribution in [1.29, 1.82) is 0 Å². The first-order chi connectivity index (χ1) is 9.87. The zero-order valence-corrected chi connectivity index (χ0v) is 13.9. The average Bonchev–Trinajstić information content (AvgIpc) is 2.40. The molecule has 0 radical (unpaired) electrons. The standard InChI is InChI=1S/C15H25N3O2S/c1-12(2)10-16-11-14-4-5-15(17-13(14)3)18-6-8-21(19,20)9-7-18/h4-5,12,16H,6-11H2,1-3H3. The van der Waals surface area contributed by atoms with Gasteiger partial charge in [0.05, 0.1) is 11.5 Å². The lowest BCUT2D eigenvalue weighted by Gasteiger charge is -2.28. The highest BCUT2D eigenvalue weighted by atomic mass is 32.2. The Kier molecular flexibility index (Phi) is 5.22. The van der Waals surface area contributed by atoms with Crippen LogP contribution >= 0.6 is 0 Å². The molecule has 21 heavy (non-hydrogen) atoms. The summed E-state index contributed by atoms with van der Waals surface area (Å²) in [7, 11) is -2.84. The maximum atomic E-state index is 11.5. The Morgan fingerprint density at radius 2 is 1.95 bits per heavy atom. The lowest BCUT2D eigenvalue weighted by atomic mass is 10.2.